The molecule has 2 aromatic heterocycles. The van der Waals surface area contributed by atoms with E-state index in [2.05, 4.69) is 23.8 Å². The van der Waals surface area contributed by atoms with Crippen molar-refractivity contribution in [2.45, 2.75) is 34.1 Å². The summed E-state index contributed by atoms with van der Waals surface area (Å²) in [5, 5.41) is 0.683. The second-order valence-electron chi connectivity index (χ2n) is 4.58. The average molecular weight is 238 g/mol. The predicted octanol–water partition coefficient (Wildman–Crippen LogP) is 3.20. The highest BCUT2D eigenvalue weighted by molar-refractivity contribution is 6.29. The maximum Gasteiger partial charge on any atom is 0.161 e. The van der Waals surface area contributed by atoms with E-state index in [1.165, 1.54) is 0 Å². The lowest BCUT2D eigenvalue weighted by Gasteiger charge is -2.03. The number of rotatable bonds is 2. The first-order valence-corrected chi connectivity index (χ1v) is 5.88. The number of hydrogen-bond acceptors (Lipinski definition) is 2. The Morgan fingerprint density at radius 3 is 2.62 bits per heavy atom. The fourth-order valence-corrected chi connectivity index (χ4v) is 2.27. The molecule has 0 aliphatic carbocycles. The van der Waals surface area contributed by atoms with E-state index in [4.69, 9.17) is 11.6 Å². The number of aromatic nitrogens is 3. The molecule has 0 unspecified atom stereocenters. The van der Waals surface area contributed by atoms with Crippen LogP contribution in [0.2, 0.25) is 5.15 Å². The molecular weight excluding hydrogens is 222 g/mol. The first-order valence-electron chi connectivity index (χ1n) is 5.50. The molecule has 3 nitrogen and oxygen atoms in total. The monoisotopic (exact) mass is 237 g/mol. The molecule has 2 aromatic rings. The Bertz CT molecular complexity index is 529. The van der Waals surface area contributed by atoms with Gasteiger partial charge >= 0.3 is 0 Å². The first-order chi connectivity index (χ1) is 7.49. The molecule has 0 spiro atoms. The van der Waals surface area contributed by atoms with Crippen molar-refractivity contribution in [3.05, 3.63) is 28.4 Å². The third-order valence-corrected chi connectivity index (χ3v) is 2.79. The summed E-state index contributed by atoms with van der Waals surface area (Å²) < 4.78 is 1.91. The van der Waals surface area contributed by atoms with E-state index in [0.29, 0.717) is 11.1 Å². The predicted molar refractivity (Wildman–Crippen MR) is 66.0 cm³/mol. The van der Waals surface area contributed by atoms with E-state index in [1.807, 2.05) is 24.3 Å². The molecule has 4 heteroatoms. The standard InChI is InChI=1S/C12H16ClN3/c1-7(2)5-10-12-14-8(3)6-11(13)16(12)9(4)15-10/h6-7H,5H2,1-4H3. The fraction of sp³-hybridized carbons (Fsp3) is 0.500. The van der Waals surface area contributed by atoms with Crippen LogP contribution in [0.4, 0.5) is 0 Å². The molecule has 0 aliphatic rings. The topological polar surface area (TPSA) is 30.2 Å². The minimum atomic E-state index is 0.569. The maximum atomic E-state index is 6.20. The van der Waals surface area contributed by atoms with Gasteiger partial charge in [0.05, 0.1) is 5.69 Å². The Morgan fingerprint density at radius 1 is 1.31 bits per heavy atom. The molecule has 0 atom stereocenters. The Balaban J connectivity index is 2.68. The minimum absolute atomic E-state index is 0.569. The smallest absolute Gasteiger partial charge is 0.161 e. The van der Waals surface area contributed by atoms with Crippen LogP contribution in [-0.4, -0.2) is 14.4 Å². The van der Waals surface area contributed by atoms with Crippen molar-refractivity contribution >= 4 is 17.2 Å². The van der Waals surface area contributed by atoms with Crippen LogP contribution >= 0.6 is 11.6 Å². The van der Waals surface area contributed by atoms with Gasteiger partial charge in [0.15, 0.2) is 5.65 Å². The number of nitrogens with zero attached hydrogens (tertiary/aromatic N) is 3. The summed E-state index contributed by atoms with van der Waals surface area (Å²) >= 11 is 6.20. The number of halogens is 1. The van der Waals surface area contributed by atoms with E-state index >= 15 is 0 Å². The molecule has 0 amide bonds. The second kappa shape index (κ2) is 4.06. The van der Waals surface area contributed by atoms with Crippen molar-refractivity contribution < 1.29 is 0 Å². The Labute approximate surface area is 100 Å². The van der Waals surface area contributed by atoms with Gasteiger partial charge in [0.1, 0.15) is 11.0 Å². The van der Waals surface area contributed by atoms with Crippen LogP contribution in [0.1, 0.15) is 31.1 Å². The molecule has 0 aromatic carbocycles. The van der Waals surface area contributed by atoms with Gasteiger partial charge in [-0.15, -0.1) is 0 Å². The quantitative estimate of drug-likeness (QED) is 0.751. The van der Waals surface area contributed by atoms with Crippen LogP contribution < -0.4 is 0 Å². The summed E-state index contributed by atoms with van der Waals surface area (Å²) in [4.78, 5) is 9.07. The normalized spacial score (nSPS) is 11.6. The summed E-state index contributed by atoms with van der Waals surface area (Å²) in [6.45, 7) is 8.27. The lowest BCUT2D eigenvalue weighted by atomic mass is 10.1. The molecule has 0 bridgehead atoms. The molecule has 2 rings (SSSR count). The van der Waals surface area contributed by atoms with Crippen LogP contribution in [0.15, 0.2) is 6.07 Å². The van der Waals surface area contributed by atoms with Crippen molar-refractivity contribution in [3.8, 4) is 0 Å². The molecule has 16 heavy (non-hydrogen) atoms. The number of fused-ring (bicyclic) bond motifs is 1. The number of aryl methyl sites for hydroxylation is 2. The highest BCUT2D eigenvalue weighted by Crippen LogP contribution is 2.20. The van der Waals surface area contributed by atoms with Crippen LogP contribution in [0.3, 0.4) is 0 Å². The van der Waals surface area contributed by atoms with Crippen molar-refractivity contribution in [3.63, 3.8) is 0 Å². The number of imidazole rings is 1. The highest BCUT2D eigenvalue weighted by atomic mass is 35.5. The molecule has 0 saturated heterocycles. The summed E-state index contributed by atoms with van der Waals surface area (Å²) in [6, 6.07) is 1.86. The molecule has 0 saturated carbocycles. The van der Waals surface area contributed by atoms with Crippen LogP contribution in [0, 0.1) is 19.8 Å². The third kappa shape index (κ3) is 1.92. The van der Waals surface area contributed by atoms with Gasteiger partial charge < -0.3 is 0 Å². The van der Waals surface area contributed by atoms with Gasteiger partial charge in [0, 0.05) is 5.69 Å². The molecule has 86 valence electrons. The van der Waals surface area contributed by atoms with Gasteiger partial charge in [-0.25, -0.2) is 9.97 Å². The lowest BCUT2D eigenvalue weighted by Crippen LogP contribution is -1.98. The van der Waals surface area contributed by atoms with E-state index in [9.17, 15) is 0 Å². The molecule has 0 N–H and O–H groups in total. The fourth-order valence-electron chi connectivity index (χ4n) is 1.91. The average Bonchev–Trinajstić information content (AvgIpc) is 2.41. The van der Waals surface area contributed by atoms with Crippen LogP contribution in [-0.2, 0) is 6.42 Å². The van der Waals surface area contributed by atoms with Crippen LogP contribution in [0.5, 0.6) is 0 Å². The van der Waals surface area contributed by atoms with Crippen molar-refractivity contribution in [2.75, 3.05) is 0 Å². The highest BCUT2D eigenvalue weighted by Gasteiger charge is 2.13. The molecule has 0 aliphatic heterocycles. The molecule has 2 heterocycles. The second-order valence-corrected chi connectivity index (χ2v) is 4.97. The van der Waals surface area contributed by atoms with Gasteiger partial charge in [-0.05, 0) is 32.3 Å². The summed E-state index contributed by atoms with van der Waals surface area (Å²) in [5.41, 5.74) is 2.87. The first kappa shape index (κ1) is 11.4. The molecular formula is C12H16ClN3. The Hall–Kier alpha value is -1.09. The summed E-state index contributed by atoms with van der Waals surface area (Å²) in [5.74, 6) is 1.47. The zero-order chi connectivity index (χ0) is 11.9. The summed E-state index contributed by atoms with van der Waals surface area (Å²) in [6.07, 6.45) is 0.935. The minimum Gasteiger partial charge on any atom is -0.271 e. The van der Waals surface area contributed by atoms with Crippen molar-refractivity contribution in [2.24, 2.45) is 5.92 Å². The van der Waals surface area contributed by atoms with Gasteiger partial charge in [0.25, 0.3) is 0 Å². The van der Waals surface area contributed by atoms with Crippen molar-refractivity contribution in [1.82, 2.24) is 14.4 Å². The lowest BCUT2D eigenvalue weighted by molar-refractivity contribution is 0.639. The summed E-state index contributed by atoms with van der Waals surface area (Å²) in [7, 11) is 0. The van der Waals surface area contributed by atoms with E-state index in [1.54, 1.807) is 0 Å². The SMILES string of the molecule is Cc1cc(Cl)n2c(C)nc(CC(C)C)c2n1. The van der Waals surface area contributed by atoms with E-state index < -0.39 is 0 Å². The van der Waals surface area contributed by atoms with Crippen molar-refractivity contribution in [1.29, 1.82) is 0 Å². The third-order valence-electron chi connectivity index (χ3n) is 2.52. The maximum absolute atomic E-state index is 6.20. The van der Waals surface area contributed by atoms with E-state index in [0.717, 1.165) is 29.3 Å². The Kier molecular flexibility index (Phi) is 2.89. The Morgan fingerprint density at radius 2 is 2.00 bits per heavy atom. The zero-order valence-corrected chi connectivity index (χ0v) is 10.8. The largest absolute Gasteiger partial charge is 0.271 e. The van der Waals surface area contributed by atoms with Crippen LogP contribution in [0.25, 0.3) is 5.65 Å². The zero-order valence-electron chi connectivity index (χ0n) is 10.1. The molecule has 0 radical (unpaired) electrons. The number of hydrogen-bond donors (Lipinski definition) is 0. The molecule has 0 fully saturated rings. The van der Waals surface area contributed by atoms with Gasteiger partial charge in [-0.3, -0.25) is 4.40 Å². The van der Waals surface area contributed by atoms with Gasteiger partial charge in [-0.1, -0.05) is 25.4 Å². The van der Waals surface area contributed by atoms with Gasteiger partial charge in [-0.2, -0.15) is 0 Å². The van der Waals surface area contributed by atoms with E-state index in [-0.39, 0.29) is 0 Å². The van der Waals surface area contributed by atoms with Gasteiger partial charge in [0.2, 0.25) is 0 Å².